The fourth-order valence-corrected chi connectivity index (χ4v) is 3.72. The second-order valence-electron chi connectivity index (χ2n) is 7.48. The molecular weight excluding hydrogens is 366 g/mol. The third kappa shape index (κ3) is 4.83. The number of likely N-dealkylation sites (tertiary alicyclic amines) is 1. The minimum Gasteiger partial charge on any atom is -0.493 e. The van der Waals surface area contributed by atoms with Crippen LogP contribution in [0.4, 0.5) is 0 Å². The van der Waals surface area contributed by atoms with Gasteiger partial charge in [0, 0.05) is 25.9 Å². The molecule has 0 unspecified atom stereocenters. The number of carbonyl (C=O) groups excluding carboxylic acids is 1. The van der Waals surface area contributed by atoms with Gasteiger partial charge in [-0.05, 0) is 43.0 Å². The first-order valence-electron chi connectivity index (χ1n) is 10.1. The minimum atomic E-state index is -0.155. The number of hydrogen-bond donors (Lipinski definition) is 1. The van der Waals surface area contributed by atoms with Crippen LogP contribution >= 0.6 is 0 Å². The lowest BCUT2D eigenvalue weighted by Crippen LogP contribution is -2.39. The first kappa shape index (κ1) is 19.2. The molecule has 0 bridgehead atoms. The van der Waals surface area contributed by atoms with Crippen molar-refractivity contribution in [2.45, 2.75) is 25.7 Å². The van der Waals surface area contributed by atoms with Gasteiger partial charge in [0.25, 0.3) is 5.56 Å². The molecule has 0 spiro atoms. The van der Waals surface area contributed by atoms with E-state index in [4.69, 9.17) is 4.74 Å². The number of rotatable bonds is 6. The third-order valence-electron chi connectivity index (χ3n) is 5.43. The zero-order chi connectivity index (χ0) is 20.1. The summed E-state index contributed by atoms with van der Waals surface area (Å²) in [4.78, 5) is 33.9. The topological polar surface area (TPSA) is 75.3 Å². The number of nitrogens with zero attached hydrogens (tertiary/aromatic N) is 2. The van der Waals surface area contributed by atoms with Gasteiger partial charge in [0.05, 0.1) is 17.5 Å². The Hall–Kier alpha value is -3.15. The van der Waals surface area contributed by atoms with Gasteiger partial charge in [0.1, 0.15) is 11.6 Å². The third-order valence-corrected chi connectivity index (χ3v) is 5.43. The molecule has 0 aliphatic carbocycles. The van der Waals surface area contributed by atoms with Crippen molar-refractivity contribution in [1.29, 1.82) is 0 Å². The molecule has 1 aliphatic heterocycles. The molecule has 150 valence electrons. The SMILES string of the molecule is O=C(CCc1nc2ccccc2c(=O)[nH]1)N1CCC(COc2ccccc2)CC1. The minimum absolute atomic E-state index is 0.114. The number of para-hydroxylation sites is 2. The molecule has 1 fully saturated rings. The van der Waals surface area contributed by atoms with E-state index in [1.54, 1.807) is 6.07 Å². The lowest BCUT2D eigenvalue weighted by Gasteiger charge is -2.32. The van der Waals surface area contributed by atoms with Crippen molar-refractivity contribution in [1.82, 2.24) is 14.9 Å². The van der Waals surface area contributed by atoms with E-state index in [0.29, 0.717) is 42.1 Å². The number of benzene rings is 2. The Morgan fingerprint density at radius 2 is 1.79 bits per heavy atom. The van der Waals surface area contributed by atoms with Crippen molar-refractivity contribution >= 4 is 16.8 Å². The number of hydrogen-bond acceptors (Lipinski definition) is 4. The van der Waals surface area contributed by atoms with Gasteiger partial charge >= 0.3 is 0 Å². The maximum atomic E-state index is 12.6. The first-order valence-corrected chi connectivity index (χ1v) is 10.1. The standard InChI is InChI=1S/C23H25N3O3/c27-22(11-10-21-24-20-9-5-4-8-19(20)23(28)25-21)26-14-12-17(13-15-26)16-29-18-6-2-1-3-7-18/h1-9,17H,10-16H2,(H,24,25,28). The number of carbonyl (C=O) groups is 1. The Morgan fingerprint density at radius 3 is 2.59 bits per heavy atom. The molecule has 2 heterocycles. The predicted octanol–water partition coefficient (Wildman–Crippen LogP) is 3.17. The molecule has 1 aromatic heterocycles. The first-order chi connectivity index (χ1) is 14.2. The van der Waals surface area contributed by atoms with Gasteiger partial charge < -0.3 is 14.6 Å². The van der Waals surface area contributed by atoms with Crippen LogP contribution in [0.25, 0.3) is 10.9 Å². The van der Waals surface area contributed by atoms with Crippen LogP contribution in [0, 0.1) is 5.92 Å². The number of amides is 1. The lowest BCUT2D eigenvalue weighted by atomic mass is 9.97. The highest BCUT2D eigenvalue weighted by atomic mass is 16.5. The maximum Gasteiger partial charge on any atom is 0.258 e. The molecule has 2 aromatic carbocycles. The quantitative estimate of drug-likeness (QED) is 0.700. The average Bonchev–Trinajstić information content (AvgIpc) is 2.77. The van der Waals surface area contributed by atoms with E-state index < -0.39 is 0 Å². The van der Waals surface area contributed by atoms with E-state index in [1.807, 2.05) is 53.4 Å². The van der Waals surface area contributed by atoms with E-state index >= 15 is 0 Å². The lowest BCUT2D eigenvalue weighted by molar-refractivity contribution is -0.132. The predicted molar refractivity (Wildman–Crippen MR) is 112 cm³/mol. The molecule has 4 rings (SSSR count). The summed E-state index contributed by atoms with van der Waals surface area (Å²) in [5.74, 6) is 2.04. The Kier molecular flexibility index (Phi) is 5.89. The molecule has 0 saturated carbocycles. The van der Waals surface area contributed by atoms with E-state index in [-0.39, 0.29) is 11.5 Å². The smallest absolute Gasteiger partial charge is 0.258 e. The number of aromatic nitrogens is 2. The number of aromatic amines is 1. The maximum absolute atomic E-state index is 12.6. The number of H-pyrrole nitrogens is 1. The fourth-order valence-electron chi connectivity index (χ4n) is 3.72. The van der Waals surface area contributed by atoms with Gasteiger partial charge in [0.2, 0.25) is 5.91 Å². The Morgan fingerprint density at radius 1 is 1.07 bits per heavy atom. The molecular formula is C23H25N3O3. The summed E-state index contributed by atoms with van der Waals surface area (Å²) < 4.78 is 5.85. The molecule has 0 radical (unpaired) electrons. The van der Waals surface area contributed by atoms with E-state index in [1.165, 1.54) is 0 Å². The second kappa shape index (κ2) is 8.90. The van der Waals surface area contributed by atoms with Crippen LogP contribution in [-0.4, -0.2) is 40.5 Å². The van der Waals surface area contributed by atoms with Crippen LogP contribution in [0.15, 0.2) is 59.4 Å². The summed E-state index contributed by atoms with van der Waals surface area (Å²) in [6.45, 7) is 2.20. The van der Waals surface area contributed by atoms with Crippen molar-refractivity contribution in [3.8, 4) is 5.75 Å². The van der Waals surface area contributed by atoms with Gasteiger partial charge in [-0.3, -0.25) is 9.59 Å². The van der Waals surface area contributed by atoms with Gasteiger partial charge in [-0.15, -0.1) is 0 Å². The average molecular weight is 391 g/mol. The van der Waals surface area contributed by atoms with Crippen LogP contribution in [-0.2, 0) is 11.2 Å². The second-order valence-corrected chi connectivity index (χ2v) is 7.48. The summed E-state index contributed by atoms with van der Waals surface area (Å²) in [5.41, 5.74) is 0.509. The zero-order valence-electron chi connectivity index (χ0n) is 16.3. The Labute approximate surface area is 169 Å². The van der Waals surface area contributed by atoms with E-state index in [0.717, 1.165) is 31.7 Å². The van der Waals surface area contributed by atoms with Crippen molar-refractivity contribution < 1.29 is 9.53 Å². The molecule has 29 heavy (non-hydrogen) atoms. The molecule has 6 heteroatoms. The molecule has 6 nitrogen and oxygen atoms in total. The molecule has 0 atom stereocenters. The van der Waals surface area contributed by atoms with Crippen molar-refractivity contribution in [3.05, 3.63) is 70.8 Å². The Balaban J connectivity index is 1.25. The molecule has 1 N–H and O–H groups in total. The summed E-state index contributed by atoms with van der Waals surface area (Å²) >= 11 is 0. The molecule has 3 aromatic rings. The summed E-state index contributed by atoms with van der Waals surface area (Å²) in [7, 11) is 0. The highest BCUT2D eigenvalue weighted by Gasteiger charge is 2.23. The van der Waals surface area contributed by atoms with Crippen molar-refractivity contribution in [2.75, 3.05) is 19.7 Å². The monoisotopic (exact) mass is 391 g/mol. The van der Waals surface area contributed by atoms with Crippen LogP contribution < -0.4 is 10.3 Å². The van der Waals surface area contributed by atoms with E-state index in [9.17, 15) is 9.59 Å². The number of aryl methyl sites for hydroxylation is 1. The fraction of sp³-hybridized carbons (Fsp3) is 0.348. The van der Waals surface area contributed by atoms with Crippen molar-refractivity contribution in [2.24, 2.45) is 5.92 Å². The van der Waals surface area contributed by atoms with Gasteiger partial charge in [-0.25, -0.2) is 4.98 Å². The van der Waals surface area contributed by atoms with Crippen LogP contribution in [0.2, 0.25) is 0 Å². The summed E-state index contributed by atoms with van der Waals surface area (Å²) in [6, 6.07) is 17.1. The largest absolute Gasteiger partial charge is 0.493 e. The van der Waals surface area contributed by atoms with Crippen LogP contribution in [0.1, 0.15) is 25.1 Å². The number of fused-ring (bicyclic) bond motifs is 1. The number of nitrogens with one attached hydrogen (secondary N) is 1. The van der Waals surface area contributed by atoms with Gasteiger partial charge in [-0.2, -0.15) is 0 Å². The molecule has 1 amide bonds. The zero-order valence-corrected chi connectivity index (χ0v) is 16.3. The summed E-state index contributed by atoms with van der Waals surface area (Å²) in [5, 5.41) is 0.572. The van der Waals surface area contributed by atoms with Crippen LogP contribution in [0.3, 0.4) is 0 Å². The van der Waals surface area contributed by atoms with E-state index in [2.05, 4.69) is 9.97 Å². The van der Waals surface area contributed by atoms with Crippen molar-refractivity contribution in [3.63, 3.8) is 0 Å². The number of piperidine rings is 1. The molecule has 1 aliphatic rings. The van der Waals surface area contributed by atoms with Gasteiger partial charge in [-0.1, -0.05) is 30.3 Å². The highest BCUT2D eigenvalue weighted by molar-refractivity contribution is 5.78. The number of ether oxygens (including phenoxy) is 1. The highest BCUT2D eigenvalue weighted by Crippen LogP contribution is 2.20. The summed E-state index contributed by atoms with van der Waals surface area (Å²) in [6.07, 6.45) is 2.69. The Bertz CT molecular complexity index is 1020. The molecule has 1 saturated heterocycles. The normalized spacial score (nSPS) is 14.8. The van der Waals surface area contributed by atoms with Crippen LogP contribution in [0.5, 0.6) is 5.75 Å². The van der Waals surface area contributed by atoms with Gasteiger partial charge in [0.15, 0.2) is 0 Å².